The van der Waals surface area contributed by atoms with E-state index in [1.54, 1.807) is 24.3 Å². The first-order chi connectivity index (χ1) is 14.4. The molecule has 4 nitrogen and oxygen atoms in total. The van der Waals surface area contributed by atoms with Gasteiger partial charge in [-0.2, -0.15) is 5.10 Å². The van der Waals surface area contributed by atoms with Gasteiger partial charge in [-0.15, -0.1) is 0 Å². The summed E-state index contributed by atoms with van der Waals surface area (Å²) in [5.74, 6) is -0.131. The van der Waals surface area contributed by atoms with Crippen LogP contribution >= 0.6 is 23.2 Å². The highest BCUT2D eigenvalue weighted by Crippen LogP contribution is 2.35. The van der Waals surface area contributed by atoms with Crippen LogP contribution in [-0.4, -0.2) is 29.7 Å². The highest BCUT2D eigenvalue weighted by atomic mass is 35.5. The van der Waals surface area contributed by atoms with Crippen molar-refractivity contribution in [3.63, 3.8) is 0 Å². The van der Waals surface area contributed by atoms with Crippen LogP contribution in [0.1, 0.15) is 18.1 Å². The van der Waals surface area contributed by atoms with E-state index in [-0.39, 0.29) is 17.9 Å². The van der Waals surface area contributed by atoms with E-state index in [9.17, 15) is 4.79 Å². The maximum absolute atomic E-state index is 12.6. The van der Waals surface area contributed by atoms with E-state index in [1.807, 2.05) is 47.5 Å². The van der Waals surface area contributed by atoms with E-state index in [0.717, 1.165) is 16.8 Å². The van der Waals surface area contributed by atoms with Crippen LogP contribution in [0.15, 0.2) is 84.0 Å². The third kappa shape index (κ3) is 4.35. The Labute approximate surface area is 186 Å². The first-order valence-electron chi connectivity index (χ1n) is 9.65. The molecular formula is C24H21Cl2N3O. The standard InChI is InChI=1S/C24H21Cl2N3O/c1-24(18-5-3-2-4-6-18)16-29(28-23(24)17-7-9-19(25)10-8-17)15-22(30)27-21-13-11-20(26)12-14-21/h2-14H,15-16H2,1H3,(H,27,30). The number of halogens is 2. The van der Waals surface area contributed by atoms with Gasteiger partial charge in [0.1, 0.15) is 6.54 Å². The summed E-state index contributed by atoms with van der Waals surface area (Å²) in [6.07, 6.45) is 0. The summed E-state index contributed by atoms with van der Waals surface area (Å²) in [6, 6.07) is 25.0. The first-order valence-corrected chi connectivity index (χ1v) is 10.4. The van der Waals surface area contributed by atoms with Crippen LogP contribution in [0, 0.1) is 0 Å². The van der Waals surface area contributed by atoms with Crippen molar-refractivity contribution < 1.29 is 4.79 Å². The van der Waals surface area contributed by atoms with E-state index in [1.165, 1.54) is 0 Å². The topological polar surface area (TPSA) is 44.7 Å². The minimum Gasteiger partial charge on any atom is -0.324 e. The molecule has 0 aliphatic carbocycles. The lowest BCUT2D eigenvalue weighted by molar-refractivity contribution is -0.117. The molecule has 152 valence electrons. The van der Waals surface area contributed by atoms with Gasteiger partial charge < -0.3 is 5.32 Å². The fraction of sp³-hybridized carbons (Fsp3) is 0.167. The molecule has 1 amide bonds. The summed E-state index contributed by atoms with van der Waals surface area (Å²) in [6.45, 7) is 2.91. The molecule has 1 heterocycles. The van der Waals surface area contributed by atoms with Gasteiger partial charge in [-0.25, -0.2) is 0 Å². The normalized spacial score (nSPS) is 18.2. The van der Waals surface area contributed by atoms with E-state index in [0.29, 0.717) is 22.3 Å². The molecule has 0 fully saturated rings. The van der Waals surface area contributed by atoms with Gasteiger partial charge in [0.25, 0.3) is 0 Å². The molecule has 0 saturated heterocycles. The maximum Gasteiger partial charge on any atom is 0.245 e. The number of amides is 1. The molecule has 1 aliphatic heterocycles. The molecule has 30 heavy (non-hydrogen) atoms. The van der Waals surface area contributed by atoms with Crippen molar-refractivity contribution in [3.8, 4) is 0 Å². The van der Waals surface area contributed by atoms with Crippen LogP contribution in [0.4, 0.5) is 5.69 Å². The van der Waals surface area contributed by atoms with Crippen LogP contribution in [0.25, 0.3) is 0 Å². The zero-order chi connectivity index (χ0) is 21.1. The largest absolute Gasteiger partial charge is 0.324 e. The summed E-state index contributed by atoms with van der Waals surface area (Å²) >= 11 is 12.0. The molecule has 0 saturated carbocycles. The Hall–Kier alpha value is -2.82. The highest BCUT2D eigenvalue weighted by molar-refractivity contribution is 6.31. The SMILES string of the molecule is CC1(c2ccccc2)CN(CC(=O)Nc2ccc(Cl)cc2)N=C1c1ccc(Cl)cc1. The Bertz CT molecular complexity index is 1070. The third-order valence-corrected chi connectivity index (χ3v) is 5.75. The molecule has 1 unspecified atom stereocenters. The van der Waals surface area contributed by atoms with Crippen LogP contribution in [0.2, 0.25) is 10.0 Å². The minimum atomic E-state index is -0.352. The molecule has 6 heteroatoms. The summed E-state index contributed by atoms with van der Waals surface area (Å²) < 4.78 is 0. The number of rotatable bonds is 5. The summed E-state index contributed by atoms with van der Waals surface area (Å²) in [7, 11) is 0. The van der Waals surface area contributed by atoms with E-state index < -0.39 is 0 Å². The lowest BCUT2D eigenvalue weighted by atomic mass is 9.76. The van der Waals surface area contributed by atoms with Crippen LogP contribution < -0.4 is 5.32 Å². The molecule has 3 aromatic rings. The van der Waals surface area contributed by atoms with Crippen molar-refractivity contribution in [2.24, 2.45) is 5.10 Å². The number of anilines is 1. The zero-order valence-electron chi connectivity index (χ0n) is 16.5. The van der Waals surface area contributed by atoms with Crippen molar-refractivity contribution in [2.45, 2.75) is 12.3 Å². The van der Waals surface area contributed by atoms with Gasteiger partial charge in [-0.3, -0.25) is 9.80 Å². The predicted octanol–water partition coefficient (Wildman–Crippen LogP) is 5.61. The number of nitrogens with zero attached hydrogens (tertiary/aromatic N) is 2. The zero-order valence-corrected chi connectivity index (χ0v) is 18.0. The Kier molecular flexibility index (Phi) is 5.80. The maximum atomic E-state index is 12.6. The smallest absolute Gasteiger partial charge is 0.245 e. The average Bonchev–Trinajstić information content (AvgIpc) is 3.08. The molecule has 0 spiro atoms. The minimum absolute atomic E-state index is 0.131. The Morgan fingerprint density at radius 3 is 2.20 bits per heavy atom. The second-order valence-corrected chi connectivity index (χ2v) is 8.40. The molecule has 3 aromatic carbocycles. The molecule has 0 bridgehead atoms. The number of hydrogen-bond acceptors (Lipinski definition) is 3. The number of carbonyl (C=O) groups is 1. The fourth-order valence-electron chi connectivity index (χ4n) is 3.74. The van der Waals surface area contributed by atoms with Gasteiger partial charge in [0, 0.05) is 15.7 Å². The summed E-state index contributed by atoms with van der Waals surface area (Å²) in [5.41, 5.74) is 3.42. The van der Waals surface area contributed by atoms with Gasteiger partial charge in [-0.05, 0) is 54.4 Å². The number of hydrazone groups is 1. The lowest BCUT2D eigenvalue weighted by Crippen LogP contribution is -2.38. The first kappa shape index (κ1) is 20.5. The molecule has 1 aliphatic rings. The summed E-state index contributed by atoms with van der Waals surface area (Å²) in [4.78, 5) is 12.6. The summed E-state index contributed by atoms with van der Waals surface area (Å²) in [5, 5.41) is 10.9. The Morgan fingerprint density at radius 2 is 1.57 bits per heavy atom. The number of benzene rings is 3. The molecule has 1 atom stereocenters. The van der Waals surface area contributed by atoms with Gasteiger partial charge in [0.15, 0.2) is 0 Å². The lowest BCUT2D eigenvalue weighted by Gasteiger charge is -2.27. The van der Waals surface area contributed by atoms with Gasteiger partial charge in [-0.1, -0.05) is 65.7 Å². The predicted molar refractivity (Wildman–Crippen MR) is 123 cm³/mol. The van der Waals surface area contributed by atoms with Crippen LogP contribution in [-0.2, 0) is 10.2 Å². The van der Waals surface area contributed by atoms with Crippen molar-refractivity contribution in [1.82, 2.24) is 5.01 Å². The van der Waals surface area contributed by atoms with Crippen LogP contribution in [0.5, 0.6) is 0 Å². The quantitative estimate of drug-likeness (QED) is 0.563. The molecule has 4 rings (SSSR count). The molecule has 0 aromatic heterocycles. The van der Waals surface area contributed by atoms with Crippen molar-refractivity contribution in [2.75, 3.05) is 18.4 Å². The van der Waals surface area contributed by atoms with Crippen molar-refractivity contribution in [1.29, 1.82) is 0 Å². The number of nitrogens with one attached hydrogen (secondary N) is 1. The second-order valence-electron chi connectivity index (χ2n) is 7.53. The molecular weight excluding hydrogens is 417 g/mol. The molecule has 1 N–H and O–H groups in total. The van der Waals surface area contributed by atoms with E-state index >= 15 is 0 Å². The third-order valence-electron chi connectivity index (χ3n) is 5.25. The second kappa shape index (κ2) is 8.50. The monoisotopic (exact) mass is 437 g/mol. The Morgan fingerprint density at radius 1 is 0.967 bits per heavy atom. The van der Waals surface area contributed by atoms with Gasteiger partial charge in [0.2, 0.25) is 5.91 Å². The number of hydrogen-bond donors (Lipinski definition) is 1. The van der Waals surface area contributed by atoms with Gasteiger partial charge >= 0.3 is 0 Å². The van der Waals surface area contributed by atoms with Gasteiger partial charge in [0.05, 0.1) is 17.7 Å². The van der Waals surface area contributed by atoms with Crippen molar-refractivity contribution in [3.05, 3.63) is 100 Å². The van der Waals surface area contributed by atoms with E-state index in [4.69, 9.17) is 28.3 Å². The average molecular weight is 438 g/mol. The fourth-order valence-corrected chi connectivity index (χ4v) is 3.99. The highest BCUT2D eigenvalue weighted by Gasteiger charge is 2.41. The van der Waals surface area contributed by atoms with Crippen molar-refractivity contribution >= 4 is 40.5 Å². The van der Waals surface area contributed by atoms with E-state index in [2.05, 4.69) is 24.4 Å². The van der Waals surface area contributed by atoms with Crippen LogP contribution in [0.3, 0.4) is 0 Å². The molecule has 0 radical (unpaired) electrons. The Balaban J connectivity index is 1.59. The number of carbonyl (C=O) groups excluding carboxylic acids is 1.